The van der Waals surface area contributed by atoms with Crippen molar-refractivity contribution in [3.63, 3.8) is 0 Å². The van der Waals surface area contributed by atoms with E-state index in [1.54, 1.807) is 0 Å². The van der Waals surface area contributed by atoms with Crippen LogP contribution in [0.4, 0.5) is 0 Å². The van der Waals surface area contributed by atoms with E-state index in [0.29, 0.717) is 10.6 Å². The topological polar surface area (TPSA) is 32.7 Å². The van der Waals surface area contributed by atoms with E-state index >= 15 is 0 Å². The fraction of sp³-hybridized carbons (Fsp3) is 0.444. The summed E-state index contributed by atoms with van der Waals surface area (Å²) in [7, 11) is 0. The highest BCUT2D eigenvalue weighted by Gasteiger charge is 2.48. The fourth-order valence-corrected chi connectivity index (χ4v) is 5.07. The Morgan fingerprint density at radius 2 is 1.52 bits per heavy atom. The van der Waals surface area contributed by atoms with Crippen LogP contribution >= 0.6 is 12.2 Å². The van der Waals surface area contributed by atoms with Gasteiger partial charge in [-0.1, -0.05) is 87.8 Å². The van der Waals surface area contributed by atoms with Gasteiger partial charge in [0, 0.05) is 11.1 Å². The van der Waals surface area contributed by atoms with Gasteiger partial charge in [-0.25, -0.2) is 0 Å². The molecule has 0 saturated heterocycles. The lowest BCUT2D eigenvalue weighted by Gasteiger charge is -2.35. The Labute approximate surface area is 191 Å². The van der Waals surface area contributed by atoms with Crippen molar-refractivity contribution in [2.24, 2.45) is 4.99 Å². The number of aliphatic imine (C=N–C) groups is 1. The summed E-state index contributed by atoms with van der Waals surface area (Å²) in [5.74, 6) is -0.0306. The SMILES string of the molecule is Cc1ccc(C(=O)N2C(=S)C(c3ccc(C(C)(C)C)cc3)=NC23CCCCCC3)cc1. The van der Waals surface area contributed by atoms with Crippen molar-refractivity contribution in [1.82, 2.24) is 4.90 Å². The number of aryl methyl sites for hydroxylation is 1. The summed E-state index contributed by atoms with van der Waals surface area (Å²) in [6.07, 6.45) is 6.25. The van der Waals surface area contributed by atoms with Crippen LogP contribution in [0, 0.1) is 6.92 Å². The van der Waals surface area contributed by atoms with Crippen molar-refractivity contribution >= 4 is 28.8 Å². The molecule has 0 radical (unpaired) electrons. The average molecular weight is 433 g/mol. The predicted molar refractivity (Wildman–Crippen MR) is 132 cm³/mol. The quantitative estimate of drug-likeness (QED) is 0.500. The van der Waals surface area contributed by atoms with Crippen molar-refractivity contribution in [2.45, 2.75) is 77.3 Å². The molecule has 2 aromatic carbocycles. The lowest BCUT2D eigenvalue weighted by Crippen LogP contribution is -2.49. The van der Waals surface area contributed by atoms with Gasteiger partial charge in [0.05, 0.1) is 0 Å². The third-order valence-corrected chi connectivity index (χ3v) is 6.95. The first-order valence-electron chi connectivity index (χ1n) is 11.4. The molecule has 0 N–H and O–H groups in total. The van der Waals surface area contributed by atoms with Gasteiger partial charge in [-0.15, -0.1) is 0 Å². The third kappa shape index (κ3) is 4.23. The van der Waals surface area contributed by atoms with E-state index in [9.17, 15) is 4.79 Å². The number of hydrogen-bond acceptors (Lipinski definition) is 3. The number of amides is 1. The van der Waals surface area contributed by atoms with Crippen LogP contribution in [-0.4, -0.2) is 27.2 Å². The van der Waals surface area contributed by atoms with Crippen LogP contribution in [0.15, 0.2) is 53.5 Å². The Morgan fingerprint density at radius 3 is 2.06 bits per heavy atom. The summed E-state index contributed by atoms with van der Waals surface area (Å²) < 4.78 is 0. The fourth-order valence-electron chi connectivity index (χ4n) is 4.65. The Hall–Kier alpha value is -2.33. The van der Waals surface area contributed by atoms with Crippen molar-refractivity contribution in [3.05, 3.63) is 70.8 Å². The molecule has 0 atom stereocenters. The van der Waals surface area contributed by atoms with Gasteiger partial charge in [0.2, 0.25) is 0 Å². The van der Waals surface area contributed by atoms with Gasteiger partial charge < -0.3 is 0 Å². The van der Waals surface area contributed by atoms with Gasteiger partial charge in [-0.2, -0.15) is 0 Å². The van der Waals surface area contributed by atoms with Crippen LogP contribution < -0.4 is 0 Å². The van der Waals surface area contributed by atoms with Crippen molar-refractivity contribution in [1.29, 1.82) is 0 Å². The van der Waals surface area contributed by atoms with E-state index < -0.39 is 5.66 Å². The molecule has 1 saturated carbocycles. The maximum atomic E-state index is 13.7. The zero-order valence-electron chi connectivity index (χ0n) is 19.1. The highest BCUT2D eigenvalue weighted by Crippen LogP contribution is 2.40. The number of rotatable bonds is 2. The highest BCUT2D eigenvalue weighted by molar-refractivity contribution is 7.82. The minimum Gasteiger partial charge on any atom is -0.271 e. The summed E-state index contributed by atoms with van der Waals surface area (Å²) in [5.41, 5.74) is 4.42. The number of thiocarbonyl (C=S) groups is 1. The molecule has 1 aliphatic heterocycles. The van der Waals surface area contributed by atoms with E-state index in [0.717, 1.165) is 42.5 Å². The van der Waals surface area contributed by atoms with E-state index in [2.05, 4.69) is 45.0 Å². The minimum atomic E-state index is -0.548. The van der Waals surface area contributed by atoms with E-state index in [1.165, 1.54) is 18.4 Å². The molecule has 2 aromatic rings. The first-order chi connectivity index (χ1) is 14.7. The molecule has 3 nitrogen and oxygen atoms in total. The average Bonchev–Trinajstić information content (AvgIpc) is 2.87. The van der Waals surface area contributed by atoms with Gasteiger partial charge in [-0.3, -0.25) is 14.7 Å². The van der Waals surface area contributed by atoms with E-state index in [-0.39, 0.29) is 11.3 Å². The maximum absolute atomic E-state index is 13.7. The van der Waals surface area contributed by atoms with Crippen LogP contribution in [0.3, 0.4) is 0 Å². The third-order valence-electron chi connectivity index (χ3n) is 6.57. The van der Waals surface area contributed by atoms with Gasteiger partial charge in [0.15, 0.2) is 0 Å². The summed E-state index contributed by atoms with van der Waals surface area (Å²) >= 11 is 5.92. The lowest BCUT2D eigenvalue weighted by atomic mass is 9.86. The number of benzene rings is 2. The molecule has 1 amide bonds. The van der Waals surface area contributed by atoms with Crippen LogP contribution in [0.1, 0.15) is 86.3 Å². The van der Waals surface area contributed by atoms with Gasteiger partial charge in [0.25, 0.3) is 5.91 Å². The first-order valence-corrected chi connectivity index (χ1v) is 11.8. The number of carbonyl (C=O) groups excluding carboxylic acids is 1. The molecule has 0 unspecified atom stereocenters. The van der Waals surface area contributed by atoms with Crippen LogP contribution in [0.25, 0.3) is 0 Å². The van der Waals surface area contributed by atoms with E-state index in [1.807, 2.05) is 36.1 Å². The Morgan fingerprint density at radius 1 is 0.935 bits per heavy atom. The summed E-state index contributed by atoms with van der Waals surface area (Å²) in [5, 5.41) is 0. The molecule has 2 aliphatic rings. The monoisotopic (exact) mass is 432 g/mol. The molecule has 0 aromatic heterocycles. The second-order valence-electron chi connectivity index (χ2n) is 10.00. The highest BCUT2D eigenvalue weighted by atomic mass is 32.1. The maximum Gasteiger partial charge on any atom is 0.260 e. The molecule has 0 bridgehead atoms. The predicted octanol–water partition coefficient (Wildman–Crippen LogP) is 6.62. The number of hydrogen-bond donors (Lipinski definition) is 0. The van der Waals surface area contributed by atoms with Gasteiger partial charge >= 0.3 is 0 Å². The summed E-state index contributed by atoms with van der Waals surface area (Å²) in [6, 6.07) is 16.3. The second-order valence-corrected chi connectivity index (χ2v) is 10.4. The Kier molecular flexibility index (Phi) is 5.87. The molecule has 162 valence electrons. The Balaban J connectivity index is 1.74. The smallest absolute Gasteiger partial charge is 0.260 e. The van der Waals surface area contributed by atoms with Crippen LogP contribution in [0.2, 0.25) is 0 Å². The normalized spacial score (nSPS) is 18.8. The molecule has 1 spiro atoms. The van der Waals surface area contributed by atoms with Gasteiger partial charge in [-0.05, 0) is 55.7 Å². The van der Waals surface area contributed by atoms with Crippen molar-refractivity contribution < 1.29 is 4.79 Å². The molecule has 4 heteroatoms. The largest absolute Gasteiger partial charge is 0.271 e. The first kappa shape index (κ1) is 21.9. The standard InChI is InChI=1S/C27H32N2OS/c1-19-9-11-21(12-10-19)24(30)29-25(31)23(28-27(29)17-7-5-6-8-18-27)20-13-15-22(16-14-20)26(2,3)4/h9-16H,5-8,17-18H2,1-4H3. The zero-order valence-corrected chi connectivity index (χ0v) is 19.9. The summed E-state index contributed by atoms with van der Waals surface area (Å²) in [4.78, 5) is 21.3. The molecular formula is C27H32N2OS. The second kappa shape index (κ2) is 8.31. The molecule has 1 aliphatic carbocycles. The number of nitrogens with zero attached hydrogens (tertiary/aromatic N) is 2. The molecular weight excluding hydrogens is 400 g/mol. The molecule has 31 heavy (non-hydrogen) atoms. The molecule has 1 fully saturated rings. The van der Waals surface area contributed by atoms with Crippen molar-refractivity contribution in [2.75, 3.05) is 0 Å². The molecule has 1 heterocycles. The van der Waals surface area contributed by atoms with Crippen LogP contribution in [0.5, 0.6) is 0 Å². The van der Waals surface area contributed by atoms with E-state index in [4.69, 9.17) is 17.2 Å². The van der Waals surface area contributed by atoms with Gasteiger partial charge in [0.1, 0.15) is 16.4 Å². The number of carbonyl (C=O) groups is 1. The zero-order chi connectivity index (χ0) is 22.2. The van der Waals surface area contributed by atoms with Crippen LogP contribution in [-0.2, 0) is 5.41 Å². The summed E-state index contributed by atoms with van der Waals surface area (Å²) in [6.45, 7) is 8.66. The minimum absolute atomic E-state index is 0.0306. The lowest BCUT2D eigenvalue weighted by molar-refractivity contribution is 0.0692. The molecule has 4 rings (SSSR count). The Bertz CT molecular complexity index is 1000. The van der Waals surface area contributed by atoms with Crippen molar-refractivity contribution in [3.8, 4) is 0 Å².